The average Bonchev–Trinajstić information content (AvgIpc) is 2.34. The van der Waals surface area contributed by atoms with Crippen molar-refractivity contribution in [3.63, 3.8) is 0 Å². The Morgan fingerprint density at radius 3 is 2.56 bits per heavy atom. The van der Waals surface area contributed by atoms with E-state index in [0.717, 1.165) is 38.8 Å². The van der Waals surface area contributed by atoms with Gasteiger partial charge in [0.1, 0.15) is 0 Å². The molecule has 0 atom stereocenters. The average molecular weight is 256 g/mol. The van der Waals surface area contributed by atoms with Gasteiger partial charge in [0, 0.05) is 19.4 Å². The second-order valence-corrected chi connectivity index (χ2v) is 4.95. The van der Waals surface area contributed by atoms with Crippen LogP contribution in [0.2, 0.25) is 0 Å². The van der Waals surface area contributed by atoms with E-state index in [2.05, 4.69) is 10.6 Å². The summed E-state index contributed by atoms with van der Waals surface area (Å²) < 4.78 is 0. The zero-order chi connectivity index (χ0) is 13.2. The maximum atomic E-state index is 11.6. The van der Waals surface area contributed by atoms with Crippen LogP contribution in [0.25, 0.3) is 0 Å². The molecule has 5 nitrogen and oxygen atoms in total. The first-order chi connectivity index (χ1) is 8.68. The molecule has 1 saturated heterocycles. The number of carbonyl (C=O) groups excluding carboxylic acids is 1. The Kier molecular flexibility index (Phi) is 7.41. The van der Waals surface area contributed by atoms with Gasteiger partial charge in [-0.25, -0.2) is 0 Å². The van der Waals surface area contributed by atoms with Crippen LogP contribution >= 0.6 is 0 Å². The van der Waals surface area contributed by atoms with Crippen molar-refractivity contribution >= 4 is 11.9 Å². The third kappa shape index (κ3) is 7.27. The monoisotopic (exact) mass is 256 g/mol. The van der Waals surface area contributed by atoms with Crippen LogP contribution in [0, 0.1) is 5.92 Å². The Hall–Kier alpha value is -1.10. The van der Waals surface area contributed by atoms with Crippen LogP contribution in [0.15, 0.2) is 0 Å². The number of piperidine rings is 1. The van der Waals surface area contributed by atoms with Crippen molar-refractivity contribution in [1.82, 2.24) is 10.6 Å². The molecule has 0 spiro atoms. The van der Waals surface area contributed by atoms with E-state index in [0.29, 0.717) is 25.3 Å². The number of carboxylic acid groups (broad SMARTS) is 1. The second-order valence-electron chi connectivity index (χ2n) is 4.95. The summed E-state index contributed by atoms with van der Waals surface area (Å²) in [6, 6.07) is 0. The summed E-state index contributed by atoms with van der Waals surface area (Å²) in [5.41, 5.74) is 0. The number of amides is 1. The molecule has 5 heteroatoms. The van der Waals surface area contributed by atoms with Gasteiger partial charge in [-0.1, -0.05) is 6.42 Å². The lowest BCUT2D eigenvalue weighted by Gasteiger charge is -2.21. The van der Waals surface area contributed by atoms with Crippen LogP contribution in [-0.2, 0) is 9.59 Å². The summed E-state index contributed by atoms with van der Waals surface area (Å²) in [6.07, 6.45) is 5.46. The minimum atomic E-state index is -0.745. The Morgan fingerprint density at radius 2 is 1.89 bits per heavy atom. The first-order valence-corrected chi connectivity index (χ1v) is 6.87. The van der Waals surface area contributed by atoms with E-state index >= 15 is 0 Å². The molecule has 0 aromatic rings. The molecule has 3 N–H and O–H groups in total. The Morgan fingerprint density at radius 1 is 1.17 bits per heavy atom. The quantitative estimate of drug-likeness (QED) is 0.569. The molecule has 1 rings (SSSR count). The lowest BCUT2D eigenvalue weighted by Crippen LogP contribution is -2.32. The van der Waals surface area contributed by atoms with Crippen LogP contribution in [0.4, 0.5) is 0 Å². The van der Waals surface area contributed by atoms with Gasteiger partial charge in [-0.15, -0.1) is 0 Å². The van der Waals surface area contributed by atoms with Gasteiger partial charge in [0.2, 0.25) is 5.91 Å². The summed E-state index contributed by atoms with van der Waals surface area (Å²) in [4.78, 5) is 21.9. The molecule has 104 valence electrons. The van der Waals surface area contributed by atoms with E-state index in [1.165, 1.54) is 0 Å². The molecule has 0 unspecified atom stereocenters. The largest absolute Gasteiger partial charge is 0.481 e. The number of aliphatic carboxylic acids is 1. The van der Waals surface area contributed by atoms with Crippen molar-refractivity contribution in [2.24, 2.45) is 5.92 Å². The molecular formula is C13H24N2O3. The fourth-order valence-corrected chi connectivity index (χ4v) is 2.23. The van der Waals surface area contributed by atoms with Crippen LogP contribution in [-0.4, -0.2) is 36.6 Å². The minimum Gasteiger partial charge on any atom is -0.481 e. The Labute approximate surface area is 108 Å². The highest BCUT2D eigenvalue weighted by Gasteiger charge is 2.16. The van der Waals surface area contributed by atoms with Crippen molar-refractivity contribution < 1.29 is 14.7 Å². The van der Waals surface area contributed by atoms with E-state index in [1.54, 1.807) is 0 Å². The molecule has 0 radical (unpaired) electrons. The van der Waals surface area contributed by atoms with Gasteiger partial charge in [-0.2, -0.15) is 0 Å². The summed E-state index contributed by atoms with van der Waals surface area (Å²) in [5, 5.41) is 14.7. The predicted octanol–water partition coefficient (Wildman–Crippen LogP) is 1.14. The summed E-state index contributed by atoms with van der Waals surface area (Å²) in [6.45, 7) is 2.71. The van der Waals surface area contributed by atoms with Crippen LogP contribution in [0.5, 0.6) is 0 Å². The van der Waals surface area contributed by atoms with Crippen molar-refractivity contribution in [3.05, 3.63) is 0 Å². The molecule has 0 aromatic carbocycles. The second kappa shape index (κ2) is 8.91. The van der Waals surface area contributed by atoms with Gasteiger partial charge in [-0.3, -0.25) is 9.59 Å². The zero-order valence-electron chi connectivity index (χ0n) is 10.9. The number of unbranched alkanes of at least 4 members (excludes halogenated alkanes) is 2. The van der Waals surface area contributed by atoms with Gasteiger partial charge < -0.3 is 15.7 Å². The molecule has 1 aliphatic heterocycles. The van der Waals surface area contributed by atoms with Gasteiger partial charge in [-0.05, 0) is 44.7 Å². The molecule has 0 aliphatic carbocycles. The van der Waals surface area contributed by atoms with Gasteiger partial charge >= 0.3 is 5.97 Å². The summed E-state index contributed by atoms with van der Waals surface area (Å²) >= 11 is 0. The van der Waals surface area contributed by atoms with Crippen LogP contribution < -0.4 is 10.6 Å². The normalized spacial score (nSPS) is 16.4. The lowest BCUT2D eigenvalue weighted by atomic mass is 9.94. The fourth-order valence-electron chi connectivity index (χ4n) is 2.23. The van der Waals surface area contributed by atoms with Crippen molar-refractivity contribution in [1.29, 1.82) is 0 Å². The minimum absolute atomic E-state index is 0.139. The highest BCUT2D eigenvalue weighted by atomic mass is 16.4. The smallest absolute Gasteiger partial charge is 0.303 e. The maximum absolute atomic E-state index is 11.6. The third-order valence-electron chi connectivity index (χ3n) is 3.32. The van der Waals surface area contributed by atoms with Crippen molar-refractivity contribution in [2.45, 2.75) is 44.9 Å². The fraction of sp³-hybridized carbons (Fsp3) is 0.846. The van der Waals surface area contributed by atoms with E-state index in [9.17, 15) is 9.59 Å². The molecule has 1 heterocycles. The first-order valence-electron chi connectivity index (χ1n) is 6.87. The predicted molar refractivity (Wildman–Crippen MR) is 69.3 cm³/mol. The molecule has 0 bridgehead atoms. The number of nitrogens with one attached hydrogen (secondary N) is 2. The SMILES string of the molecule is O=C(O)CCCCCNC(=O)CC1CCNCC1. The Bertz CT molecular complexity index is 263. The topological polar surface area (TPSA) is 78.4 Å². The molecular weight excluding hydrogens is 232 g/mol. The highest BCUT2D eigenvalue weighted by molar-refractivity contribution is 5.76. The van der Waals surface area contributed by atoms with Crippen molar-refractivity contribution in [2.75, 3.05) is 19.6 Å². The molecule has 0 aromatic heterocycles. The van der Waals surface area contributed by atoms with Gasteiger partial charge in [0.15, 0.2) is 0 Å². The van der Waals surface area contributed by atoms with E-state index < -0.39 is 5.97 Å². The van der Waals surface area contributed by atoms with Crippen molar-refractivity contribution in [3.8, 4) is 0 Å². The molecule has 1 fully saturated rings. The van der Waals surface area contributed by atoms with Gasteiger partial charge in [0.25, 0.3) is 0 Å². The summed E-state index contributed by atoms with van der Waals surface area (Å²) in [5.74, 6) is -0.0802. The molecule has 0 saturated carbocycles. The van der Waals surface area contributed by atoms with E-state index in [4.69, 9.17) is 5.11 Å². The number of rotatable bonds is 8. The van der Waals surface area contributed by atoms with E-state index in [1.807, 2.05) is 0 Å². The first kappa shape index (κ1) is 15.0. The third-order valence-corrected chi connectivity index (χ3v) is 3.32. The standard InChI is InChI=1S/C13H24N2O3/c16-12(10-11-5-8-14-9-6-11)15-7-3-1-2-4-13(17)18/h11,14H,1-10H2,(H,15,16)(H,17,18). The summed E-state index contributed by atoms with van der Waals surface area (Å²) in [7, 11) is 0. The van der Waals surface area contributed by atoms with E-state index in [-0.39, 0.29) is 12.3 Å². The maximum Gasteiger partial charge on any atom is 0.303 e. The number of hydrogen-bond acceptors (Lipinski definition) is 3. The highest BCUT2D eigenvalue weighted by Crippen LogP contribution is 2.15. The van der Waals surface area contributed by atoms with Gasteiger partial charge in [0.05, 0.1) is 0 Å². The van der Waals surface area contributed by atoms with Crippen LogP contribution in [0.3, 0.4) is 0 Å². The molecule has 18 heavy (non-hydrogen) atoms. The number of carboxylic acids is 1. The lowest BCUT2D eigenvalue weighted by molar-refractivity contribution is -0.137. The number of carbonyl (C=O) groups is 2. The van der Waals surface area contributed by atoms with Crippen LogP contribution in [0.1, 0.15) is 44.9 Å². The Balaban J connectivity index is 1.94. The molecule has 1 aliphatic rings. The zero-order valence-corrected chi connectivity index (χ0v) is 10.9. The number of hydrogen-bond donors (Lipinski definition) is 3. The molecule has 1 amide bonds.